The molecule has 0 saturated carbocycles. The zero-order chi connectivity index (χ0) is 21.1. The summed E-state index contributed by atoms with van der Waals surface area (Å²) in [5.74, 6) is 0.183. The molecule has 0 spiro atoms. The van der Waals surface area contributed by atoms with Crippen molar-refractivity contribution in [2.45, 2.75) is 21.3 Å². The minimum atomic E-state index is -4.01. The van der Waals surface area contributed by atoms with Gasteiger partial charge in [0.25, 0.3) is 0 Å². The molecule has 2 heterocycles. The van der Waals surface area contributed by atoms with Crippen molar-refractivity contribution >= 4 is 31.2 Å². The number of thiophene rings is 1. The maximum atomic E-state index is 13.1. The summed E-state index contributed by atoms with van der Waals surface area (Å²) in [6.07, 6.45) is 2.96. The fourth-order valence-corrected chi connectivity index (χ4v) is 7.05. The number of benzene rings is 1. The van der Waals surface area contributed by atoms with Gasteiger partial charge >= 0.3 is 0 Å². The second-order valence-corrected chi connectivity index (χ2v) is 11.3. The first-order valence-corrected chi connectivity index (χ1v) is 12.5. The van der Waals surface area contributed by atoms with Gasteiger partial charge in [-0.1, -0.05) is 18.2 Å². The van der Waals surface area contributed by atoms with Gasteiger partial charge in [0.2, 0.25) is 10.0 Å². The third kappa shape index (κ3) is 4.67. The number of aryl methyl sites for hydroxylation is 1. The second-order valence-electron chi connectivity index (χ2n) is 6.26. The quantitative estimate of drug-likeness (QED) is 0.564. The standard InChI is InChI=1S/C19H20N2O5S3/c1-14-7-8-16(26-2)17(11-14)29(24,25)21-13-18(15-5-3-9-20-12-15)28(22,23)19-6-4-10-27-19/h3-12,18,21H,13H2,1-2H3. The van der Waals surface area contributed by atoms with Gasteiger partial charge in [-0.15, -0.1) is 11.3 Å². The normalized spacial score (nSPS) is 13.2. The molecule has 0 amide bonds. The number of hydrogen-bond donors (Lipinski definition) is 1. The minimum absolute atomic E-state index is 0.0431. The van der Waals surface area contributed by atoms with Crippen LogP contribution in [0.15, 0.2) is 69.3 Å². The molecule has 0 radical (unpaired) electrons. The largest absolute Gasteiger partial charge is 0.495 e. The van der Waals surface area contributed by atoms with Crippen molar-refractivity contribution in [3.63, 3.8) is 0 Å². The molecule has 2 aromatic heterocycles. The van der Waals surface area contributed by atoms with Crippen molar-refractivity contribution in [3.8, 4) is 5.75 Å². The van der Waals surface area contributed by atoms with E-state index in [4.69, 9.17) is 4.74 Å². The van der Waals surface area contributed by atoms with Gasteiger partial charge in [-0.25, -0.2) is 21.6 Å². The molecule has 1 aromatic carbocycles. The van der Waals surface area contributed by atoms with E-state index in [2.05, 4.69) is 9.71 Å². The lowest BCUT2D eigenvalue weighted by Gasteiger charge is -2.18. The van der Waals surface area contributed by atoms with E-state index in [-0.39, 0.29) is 21.4 Å². The Morgan fingerprint density at radius 3 is 2.55 bits per heavy atom. The first kappa shape index (κ1) is 21.4. The van der Waals surface area contributed by atoms with E-state index in [1.807, 2.05) is 0 Å². The molecular weight excluding hydrogens is 432 g/mol. The van der Waals surface area contributed by atoms with Gasteiger partial charge in [0, 0.05) is 18.9 Å². The van der Waals surface area contributed by atoms with E-state index in [0.29, 0.717) is 5.56 Å². The molecule has 1 N–H and O–H groups in total. The van der Waals surface area contributed by atoms with Crippen molar-refractivity contribution in [2.75, 3.05) is 13.7 Å². The van der Waals surface area contributed by atoms with Crippen LogP contribution in [0.25, 0.3) is 0 Å². The molecule has 0 fully saturated rings. The summed E-state index contributed by atoms with van der Waals surface area (Å²) in [7, 11) is -6.45. The van der Waals surface area contributed by atoms with Gasteiger partial charge < -0.3 is 4.74 Å². The first-order valence-electron chi connectivity index (χ1n) is 8.57. The predicted molar refractivity (Wildman–Crippen MR) is 111 cm³/mol. The number of ether oxygens (including phenoxy) is 1. The van der Waals surface area contributed by atoms with Crippen LogP contribution in [0.4, 0.5) is 0 Å². The third-order valence-corrected chi connectivity index (χ3v) is 9.25. The average Bonchev–Trinajstić information content (AvgIpc) is 3.24. The summed E-state index contributed by atoms with van der Waals surface area (Å²) < 4.78 is 59.9. The summed E-state index contributed by atoms with van der Waals surface area (Å²) in [5, 5.41) is 0.537. The van der Waals surface area contributed by atoms with Gasteiger partial charge in [0.05, 0.1) is 7.11 Å². The highest BCUT2D eigenvalue weighted by molar-refractivity contribution is 7.93. The van der Waals surface area contributed by atoms with Crippen LogP contribution < -0.4 is 9.46 Å². The number of sulfone groups is 1. The number of pyridine rings is 1. The molecule has 3 aromatic rings. The molecule has 0 aliphatic rings. The third-order valence-electron chi connectivity index (χ3n) is 4.27. The number of rotatable bonds is 8. The van der Waals surface area contributed by atoms with Gasteiger partial charge in [-0.2, -0.15) is 0 Å². The van der Waals surface area contributed by atoms with Crippen LogP contribution >= 0.6 is 11.3 Å². The number of sulfonamides is 1. The molecule has 0 saturated heterocycles. The Balaban J connectivity index is 1.97. The molecule has 0 aliphatic heterocycles. The van der Waals surface area contributed by atoms with Crippen molar-refractivity contribution in [1.29, 1.82) is 0 Å². The van der Waals surface area contributed by atoms with Crippen LogP contribution in [-0.4, -0.2) is 35.5 Å². The van der Waals surface area contributed by atoms with Crippen molar-refractivity contribution in [3.05, 3.63) is 71.4 Å². The maximum absolute atomic E-state index is 13.1. The number of hydrogen-bond acceptors (Lipinski definition) is 7. The number of aromatic nitrogens is 1. The summed E-state index contributed by atoms with van der Waals surface area (Å²) in [4.78, 5) is 3.94. The Hall–Kier alpha value is -2.27. The molecule has 1 unspecified atom stereocenters. The van der Waals surface area contributed by atoms with Crippen LogP contribution in [0.2, 0.25) is 0 Å². The van der Waals surface area contributed by atoms with Crippen LogP contribution in [0.3, 0.4) is 0 Å². The molecular formula is C19H20N2O5S3. The van der Waals surface area contributed by atoms with E-state index in [0.717, 1.165) is 16.9 Å². The molecule has 0 bridgehead atoms. The van der Waals surface area contributed by atoms with Crippen LogP contribution in [0.5, 0.6) is 5.75 Å². The summed E-state index contributed by atoms with van der Waals surface area (Å²) in [5.41, 5.74) is 1.14. The second kappa shape index (κ2) is 8.62. The Bertz CT molecular complexity index is 1180. The fraction of sp³-hybridized carbons (Fsp3) is 0.211. The van der Waals surface area contributed by atoms with Gasteiger partial charge in [0.1, 0.15) is 20.1 Å². The smallest absolute Gasteiger partial charge is 0.244 e. The molecule has 0 aliphatic carbocycles. The Kier molecular flexibility index (Phi) is 6.37. The highest BCUT2D eigenvalue weighted by atomic mass is 32.2. The Morgan fingerprint density at radius 1 is 1.14 bits per heavy atom. The van der Waals surface area contributed by atoms with E-state index in [1.165, 1.54) is 31.6 Å². The maximum Gasteiger partial charge on any atom is 0.244 e. The van der Waals surface area contributed by atoms with Gasteiger partial charge in [-0.3, -0.25) is 4.98 Å². The lowest BCUT2D eigenvalue weighted by atomic mass is 10.2. The first-order chi connectivity index (χ1) is 13.8. The summed E-state index contributed by atoms with van der Waals surface area (Å²) in [6.45, 7) is 1.42. The topological polar surface area (TPSA) is 102 Å². The monoisotopic (exact) mass is 452 g/mol. The molecule has 154 valence electrons. The van der Waals surface area contributed by atoms with Crippen LogP contribution in [0, 0.1) is 6.92 Å². The van der Waals surface area contributed by atoms with E-state index < -0.39 is 25.1 Å². The SMILES string of the molecule is COc1ccc(C)cc1S(=O)(=O)NCC(c1cccnc1)S(=O)(=O)c1cccs1. The fourth-order valence-electron chi connectivity index (χ4n) is 2.80. The van der Waals surface area contributed by atoms with Crippen molar-refractivity contribution < 1.29 is 21.6 Å². The number of nitrogens with zero attached hydrogens (tertiary/aromatic N) is 1. The molecule has 29 heavy (non-hydrogen) atoms. The van der Waals surface area contributed by atoms with E-state index >= 15 is 0 Å². The van der Waals surface area contributed by atoms with Crippen LogP contribution in [-0.2, 0) is 19.9 Å². The lowest BCUT2D eigenvalue weighted by molar-refractivity contribution is 0.402. The lowest BCUT2D eigenvalue weighted by Crippen LogP contribution is -2.32. The Labute approximate surface area is 174 Å². The molecule has 7 nitrogen and oxygen atoms in total. The van der Waals surface area contributed by atoms with Gasteiger partial charge in [-0.05, 0) is 47.7 Å². The van der Waals surface area contributed by atoms with Crippen molar-refractivity contribution in [2.24, 2.45) is 0 Å². The van der Waals surface area contributed by atoms with E-state index in [9.17, 15) is 16.8 Å². The Morgan fingerprint density at radius 2 is 1.93 bits per heavy atom. The van der Waals surface area contributed by atoms with Gasteiger partial charge in [0.15, 0.2) is 9.84 Å². The average molecular weight is 453 g/mol. The minimum Gasteiger partial charge on any atom is -0.495 e. The molecule has 3 rings (SSSR count). The zero-order valence-corrected chi connectivity index (χ0v) is 18.2. The molecule has 1 atom stereocenters. The zero-order valence-electron chi connectivity index (χ0n) is 15.8. The summed E-state index contributed by atoms with van der Waals surface area (Å²) >= 11 is 1.09. The highest BCUT2D eigenvalue weighted by Crippen LogP contribution is 2.32. The highest BCUT2D eigenvalue weighted by Gasteiger charge is 2.32. The van der Waals surface area contributed by atoms with Crippen LogP contribution in [0.1, 0.15) is 16.4 Å². The van der Waals surface area contributed by atoms with E-state index in [1.54, 1.807) is 42.6 Å². The number of methoxy groups -OCH3 is 1. The van der Waals surface area contributed by atoms with Crippen molar-refractivity contribution in [1.82, 2.24) is 9.71 Å². The number of nitrogens with one attached hydrogen (secondary N) is 1. The summed E-state index contributed by atoms with van der Waals surface area (Å²) in [6, 6.07) is 11.1. The molecule has 10 heteroatoms. The predicted octanol–water partition coefficient (Wildman–Crippen LogP) is 2.95.